The van der Waals surface area contributed by atoms with Gasteiger partial charge in [0.1, 0.15) is 11.9 Å². The first-order valence-corrected chi connectivity index (χ1v) is 7.89. The van der Waals surface area contributed by atoms with E-state index in [0.29, 0.717) is 26.2 Å². The molecular formula is C15H19N3O2S. The Morgan fingerprint density at radius 2 is 2.38 bits per heavy atom. The second-order valence-corrected chi connectivity index (χ2v) is 6.69. The molecule has 0 bridgehead atoms. The summed E-state index contributed by atoms with van der Waals surface area (Å²) in [6.45, 7) is 5.73. The van der Waals surface area contributed by atoms with Gasteiger partial charge in [-0.3, -0.25) is 4.79 Å². The first-order chi connectivity index (χ1) is 10.1. The van der Waals surface area contributed by atoms with Gasteiger partial charge >= 0.3 is 0 Å². The number of thiophene rings is 1. The molecule has 1 fully saturated rings. The number of carbonyl (C=O) groups is 1. The summed E-state index contributed by atoms with van der Waals surface area (Å²) >= 11 is 1.68. The number of morpholine rings is 1. The Morgan fingerprint density at radius 3 is 3.05 bits per heavy atom. The molecule has 0 spiro atoms. The lowest BCUT2D eigenvalue weighted by Gasteiger charge is -2.34. The fraction of sp³-hybridized carbons (Fsp3) is 0.467. The third kappa shape index (κ3) is 3.16. The number of aromatic amines is 1. The lowest BCUT2D eigenvalue weighted by Crippen LogP contribution is -2.44. The zero-order chi connectivity index (χ0) is 14.8. The van der Waals surface area contributed by atoms with Crippen LogP contribution in [0.1, 0.15) is 27.3 Å². The normalized spacial score (nSPS) is 19.0. The van der Waals surface area contributed by atoms with Crippen LogP contribution >= 0.6 is 11.3 Å². The van der Waals surface area contributed by atoms with Gasteiger partial charge in [0.2, 0.25) is 5.91 Å². The summed E-state index contributed by atoms with van der Waals surface area (Å²) in [6, 6.07) is 3.98. The molecule has 0 saturated carbocycles. The first kappa shape index (κ1) is 14.3. The van der Waals surface area contributed by atoms with Crippen LogP contribution in [0.2, 0.25) is 0 Å². The van der Waals surface area contributed by atoms with E-state index >= 15 is 0 Å². The van der Waals surface area contributed by atoms with E-state index in [1.165, 1.54) is 4.88 Å². The minimum atomic E-state index is -0.110. The first-order valence-electron chi connectivity index (χ1n) is 7.07. The van der Waals surface area contributed by atoms with Gasteiger partial charge < -0.3 is 14.6 Å². The molecule has 1 aliphatic heterocycles. The molecule has 1 amide bonds. The van der Waals surface area contributed by atoms with E-state index in [2.05, 4.69) is 23.0 Å². The van der Waals surface area contributed by atoms with E-state index in [4.69, 9.17) is 4.74 Å². The Labute approximate surface area is 128 Å². The van der Waals surface area contributed by atoms with Crippen molar-refractivity contribution in [3.63, 3.8) is 0 Å². The quantitative estimate of drug-likeness (QED) is 0.946. The summed E-state index contributed by atoms with van der Waals surface area (Å²) in [4.78, 5) is 24.4. The van der Waals surface area contributed by atoms with Crippen LogP contribution in [-0.4, -0.2) is 40.5 Å². The van der Waals surface area contributed by atoms with E-state index in [-0.39, 0.29) is 11.9 Å². The fourth-order valence-corrected chi connectivity index (χ4v) is 3.44. The second kappa shape index (κ2) is 5.99. The van der Waals surface area contributed by atoms with Crippen LogP contribution in [0.5, 0.6) is 0 Å². The zero-order valence-electron chi connectivity index (χ0n) is 12.3. The molecule has 112 valence electrons. The largest absolute Gasteiger partial charge is 0.377 e. The van der Waals surface area contributed by atoms with E-state index in [1.807, 2.05) is 17.9 Å². The highest BCUT2D eigenvalue weighted by Gasteiger charge is 2.30. The lowest BCUT2D eigenvalue weighted by atomic mass is 10.2. The smallest absolute Gasteiger partial charge is 0.228 e. The third-order valence-corrected chi connectivity index (χ3v) is 4.61. The standard InChI is InChI=1S/C15H19N3O2S/c1-10-8-16-15(17-10)13-9-20-6-5-18(13)14(19)7-12-4-3-11(2)21-12/h3-4,8,13H,5-7,9H2,1-2H3,(H,16,17)/t13-/m0/s1. The summed E-state index contributed by atoms with van der Waals surface area (Å²) in [5.74, 6) is 0.946. The van der Waals surface area contributed by atoms with Gasteiger partial charge in [0.15, 0.2) is 0 Å². The molecule has 1 N–H and O–H groups in total. The molecule has 6 heteroatoms. The minimum Gasteiger partial charge on any atom is -0.377 e. The van der Waals surface area contributed by atoms with Crippen molar-refractivity contribution in [1.29, 1.82) is 0 Å². The van der Waals surface area contributed by atoms with E-state index in [0.717, 1.165) is 16.4 Å². The van der Waals surface area contributed by atoms with Crippen LogP contribution in [0.4, 0.5) is 0 Å². The maximum Gasteiger partial charge on any atom is 0.228 e. The number of amides is 1. The van der Waals surface area contributed by atoms with Gasteiger partial charge in [-0.2, -0.15) is 0 Å². The Morgan fingerprint density at radius 1 is 1.52 bits per heavy atom. The van der Waals surface area contributed by atoms with Crippen LogP contribution in [0.25, 0.3) is 0 Å². The topological polar surface area (TPSA) is 58.2 Å². The number of rotatable bonds is 3. The SMILES string of the molecule is Cc1cnc([C@@H]2COCCN2C(=O)Cc2ccc(C)s2)[nH]1. The molecule has 1 atom stereocenters. The molecule has 1 saturated heterocycles. The van der Waals surface area contributed by atoms with Crippen LogP contribution in [0.3, 0.4) is 0 Å². The van der Waals surface area contributed by atoms with Crippen LogP contribution in [-0.2, 0) is 16.0 Å². The Balaban J connectivity index is 1.75. The summed E-state index contributed by atoms with van der Waals surface area (Å²) in [7, 11) is 0. The van der Waals surface area contributed by atoms with E-state index in [9.17, 15) is 4.79 Å². The molecule has 1 aliphatic rings. The van der Waals surface area contributed by atoms with Crippen molar-refractivity contribution in [2.75, 3.05) is 19.8 Å². The predicted octanol–water partition coefficient (Wildman–Crippen LogP) is 2.23. The predicted molar refractivity (Wildman–Crippen MR) is 81.4 cm³/mol. The zero-order valence-corrected chi connectivity index (χ0v) is 13.1. The van der Waals surface area contributed by atoms with Gasteiger partial charge in [0, 0.05) is 28.2 Å². The second-order valence-electron chi connectivity index (χ2n) is 5.32. The number of carbonyl (C=O) groups excluding carboxylic acids is 1. The van der Waals surface area contributed by atoms with E-state index in [1.54, 1.807) is 17.5 Å². The van der Waals surface area contributed by atoms with Crippen LogP contribution in [0.15, 0.2) is 18.3 Å². The number of hydrogen-bond acceptors (Lipinski definition) is 4. The van der Waals surface area contributed by atoms with Gasteiger partial charge in [-0.25, -0.2) is 4.98 Å². The number of imidazole rings is 1. The average molecular weight is 305 g/mol. The molecule has 2 aromatic heterocycles. The monoisotopic (exact) mass is 305 g/mol. The van der Waals surface area contributed by atoms with Crippen molar-refractivity contribution in [3.8, 4) is 0 Å². The molecule has 0 aliphatic carbocycles. The molecule has 3 rings (SSSR count). The van der Waals surface area contributed by atoms with Crippen molar-refractivity contribution in [3.05, 3.63) is 39.6 Å². The van der Waals surface area contributed by atoms with Crippen molar-refractivity contribution in [2.24, 2.45) is 0 Å². The Hall–Kier alpha value is -1.66. The average Bonchev–Trinajstić information content (AvgIpc) is 3.07. The maximum atomic E-state index is 12.6. The van der Waals surface area contributed by atoms with Crippen LogP contribution in [0, 0.1) is 13.8 Å². The highest BCUT2D eigenvalue weighted by molar-refractivity contribution is 7.12. The van der Waals surface area contributed by atoms with Crippen molar-refractivity contribution in [1.82, 2.24) is 14.9 Å². The fourth-order valence-electron chi connectivity index (χ4n) is 2.56. The summed E-state index contributed by atoms with van der Waals surface area (Å²) in [6.07, 6.45) is 2.24. The maximum absolute atomic E-state index is 12.6. The molecular weight excluding hydrogens is 286 g/mol. The van der Waals surface area contributed by atoms with E-state index < -0.39 is 0 Å². The number of aryl methyl sites for hydroxylation is 2. The molecule has 0 radical (unpaired) electrons. The van der Waals surface area contributed by atoms with Gasteiger partial charge in [-0.05, 0) is 26.0 Å². The highest BCUT2D eigenvalue weighted by Crippen LogP contribution is 2.24. The lowest BCUT2D eigenvalue weighted by molar-refractivity contribution is -0.139. The highest BCUT2D eigenvalue weighted by atomic mass is 32.1. The molecule has 3 heterocycles. The molecule has 0 unspecified atom stereocenters. The number of ether oxygens (including phenoxy) is 1. The van der Waals surface area contributed by atoms with Gasteiger partial charge in [0.25, 0.3) is 0 Å². The minimum absolute atomic E-state index is 0.110. The van der Waals surface area contributed by atoms with Gasteiger partial charge in [-0.15, -0.1) is 11.3 Å². The Kier molecular flexibility index (Phi) is 4.07. The number of aromatic nitrogens is 2. The molecule has 5 nitrogen and oxygen atoms in total. The Bertz CT molecular complexity index is 634. The van der Waals surface area contributed by atoms with Crippen molar-refractivity contribution in [2.45, 2.75) is 26.3 Å². The number of H-pyrrole nitrogens is 1. The summed E-state index contributed by atoms with van der Waals surface area (Å²) < 4.78 is 5.53. The number of nitrogens with zero attached hydrogens (tertiary/aromatic N) is 2. The number of nitrogens with one attached hydrogen (secondary N) is 1. The van der Waals surface area contributed by atoms with Crippen LogP contribution < -0.4 is 0 Å². The van der Waals surface area contributed by atoms with Gasteiger partial charge in [-0.1, -0.05) is 0 Å². The molecule has 21 heavy (non-hydrogen) atoms. The van der Waals surface area contributed by atoms with Gasteiger partial charge in [0.05, 0.1) is 19.6 Å². The third-order valence-electron chi connectivity index (χ3n) is 3.61. The van der Waals surface area contributed by atoms with Crippen molar-refractivity contribution < 1.29 is 9.53 Å². The molecule has 0 aromatic carbocycles. The molecule has 2 aromatic rings. The number of hydrogen-bond donors (Lipinski definition) is 1. The summed E-state index contributed by atoms with van der Waals surface area (Å²) in [5.41, 5.74) is 0.997. The summed E-state index contributed by atoms with van der Waals surface area (Å²) in [5, 5.41) is 0. The van der Waals surface area contributed by atoms with Crippen molar-refractivity contribution >= 4 is 17.2 Å².